The Kier molecular flexibility index (Phi) is 3.42. The minimum absolute atomic E-state index is 0.0748. The first-order valence-corrected chi connectivity index (χ1v) is 5.94. The number of carbonyl (C=O) groups is 1. The Labute approximate surface area is 104 Å². The molecule has 3 nitrogen and oxygen atoms in total. The number of nitrogens with one attached hydrogen (secondary N) is 1. The molecule has 0 aliphatic rings. The summed E-state index contributed by atoms with van der Waals surface area (Å²) in [7, 11) is 0. The SMILES string of the molecule is Cc1oc(C(C)(C)C)cc1C(=O)NC(C)(C)C. The summed E-state index contributed by atoms with van der Waals surface area (Å²) < 4.78 is 5.65. The normalized spacial score (nSPS) is 12.6. The maximum absolute atomic E-state index is 12.1. The average Bonchev–Trinajstić information content (AvgIpc) is 2.42. The van der Waals surface area contributed by atoms with Crippen LogP contribution >= 0.6 is 0 Å². The van der Waals surface area contributed by atoms with E-state index in [0.717, 1.165) is 5.76 Å². The molecule has 0 aliphatic heterocycles. The Hall–Kier alpha value is -1.25. The lowest BCUT2D eigenvalue weighted by atomic mass is 9.93. The summed E-state index contributed by atoms with van der Waals surface area (Å²) in [6.45, 7) is 13.9. The molecule has 96 valence electrons. The number of rotatable bonds is 1. The summed E-state index contributed by atoms with van der Waals surface area (Å²) in [6.07, 6.45) is 0. The van der Waals surface area contributed by atoms with Crippen LogP contribution in [0.2, 0.25) is 0 Å². The third kappa shape index (κ3) is 3.62. The van der Waals surface area contributed by atoms with Gasteiger partial charge in [-0.3, -0.25) is 4.79 Å². The van der Waals surface area contributed by atoms with Crippen LogP contribution in [0.3, 0.4) is 0 Å². The molecule has 1 aromatic heterocycles. The molecule has 17 heavy (non-hydrogen) atoms. The molecule has 1 heterocycles. The van der Waals surface area contributed by atoms with Crippen LogP contribution in [-0.2, 0) is 5.41 Å². The maximum atomic E-state index is 12.1. The molecule has 0 atom stereocenters. The van der Waals surface area contributed by atoms with Crippen molar-refractivity contribution in [3.63, 3.8) is 0 Å². The van der Waals surface area contributed by atoms with E-state index in [1.54, 1.807) is 0 Å². The largest absolute Gasteiger partial charge is 0.465 e. The van der Waals surface area contributed by atoms with Gasteiger partial charge in [0.15, 0.2) is 0 Å². The fourth-order valence-corrected chi connectivity index (χ4v) is 1.49. The van der Waals surface area contributed by atoms with Crippen LogP contribution in [0.1, 0.15) is 63.4 Å². The lowest BCUT2D eigenvalue weighted by Crippen LogP contribution is -2.40. The second-order valence-electron chi connectivity index (χ2n) is 6.53. The number of hydrogen-bond acceptors (Lipinski definition) is 2. The monoisotopic (exact) mass is 237 g/mol. The van der Waals surface area contributed by atoms with Crippen molar-refractivity contribution in [1.29, 1.82) is 0 Å². The summed E-state index contributed by atoms with van der Waals surface area (Å²) in [5, 5.41) is 2.94. The Morgan fingerprint density at radius 1 is 1.18 bits per heavy atom. The van der Waals surface area contributed by atoms with Crippen molar-refractivity contribution in [3.8, 4) is 0 Å². The van der Waals surface area contributed by atoms with Crippen LogP contribution in [0, 0.1) is 6.92 Å². The highest BCUT2D eigenvalue weighted by atomic mass is 16.3. The predicted molar refractivity (Wildman–Crippen MR) is 69.4 cm³/mol. The summed E-state index contributed by atoms with van der Waals surface area (Å²) in [4.78, 5) is 12.1. The molecule has 0 unspecified atom stereocenters. The molecule has 0 bridgehead atoms. The van der Waals surface area contributed by atoms with Gasteiger partial charge in [-0.15, -0.1) is 0 Å². The maximum Gasteiger partial charge on any atom is 0.255 e. The number of amides is 1. The third-order valence-corrected chi connectivity index (χ3v) is 2.39. The minimum Gasteiger partial charge on any atom is -0.465 e. The van der Waals surface area contributed by atoms with Gasteiger partial charge in [-0.05, 0) is 33.8 Å². The third-order valence-electron chi connectivity index (χ3n) is 2.39. The summed E-state index contributed by atoms with van der Waals surface area (Å²) in [6, 6.07) is 1.84. The van der Waals surface area contributed by atoms with Gasteiger partial charge in [-0.25, -0.2) is 0 Å². The molecular weight excluding hydrogens is 214 g/mol. The van der Waals surface area contributed by atoms with E-state index in [9.17, 15) is 4.79 Å². The molecule has 0 saturated heterocycles. The topological polar surface area (TPSA) is 42.2 Å². The predicted octanol–water partition coefficient (Wildman–Crippen LogP) is 3.41. The van der Waals surface area contributed by atoms with E-state index in [-0.39, 0.29) is 16.9 Å². The van der Waals surface area contributed by atoms with Crippen molar-refractivity contribution in [2.24, 2.45) is 0 Å². The Morgan fingerprint density at radius 3 is 2.06 bits per heavy atom. The van der Waals surface area contributed by atoms with Crippen LogP contribution in [0.4, 0.5) is 0 Å². The van der Waals surface area contributed by atoms with Crippen LogP contribution in [0.15, 0.2) is 10.5 Å². The molecule has 0 aromatic carbocycles. The minimum atomic E-state index is -0.233. The van der Waals surface area contributed by atoms with Crippen molar-refractivity contribution in [2.45, 2.75) is 59.4 Å². The zero-order chi connectivity index (χ0) is 13.4. The van der Waals surface area contributed by atoms with E-state index >= 15 is 0 Å². The van der Waals surface area contributed by atoms with Gasteiger partial charge in [0.2, 0.25) is 0 Å². The van der Waals surface area contributed by atoms with Gasteiger partial charge < -0.3 is 9.73 Å². The first-order chi connectivity index (χ1) is 7.50. The van der Waals surface area contributed by atoms with Gasteiger partial charge >= 0.3 is 0 Å². The summed E-state index contributed by atoms with van der Waals surface area (Å²) >= 11 is 0. The highest BCUT2D eigenvalue weighted by Gasteiger charge is 2.24. The fourth-order valence-electron chi connectivity index (χ4n) is 1.49. The fraction of sp³-hybridized carbons (Fsp3) is 0.643. The second-order valence-corrected chi connectivity index (χ2v) is 6.53. The number of aryl methyl sites for hydroxylation is 1. The highest BCUT2D eigenvalue weighted by molar-refractivity contribution is 5.95. The number of carbonyl (C=O) groups excluding carboxylic acids is 1. The van der Waals surface area contributed by atoms with E-state index in [0.29, 0.717) is 11.3 Å². The van der Waals surface area contributed by atoms with E-state index in [1.807, 2.05) is 33.8 Å². The van der Waals surface area contributed by atoms with Gasteiger partial charge in [0.25, 0.3) is 5.91 Å². The van der Waals surface area contributed by atoms with Gasteiger partial charge in [-0.1, -0.05) is 20.8 Å². The summed E-state index contributed by atoms with van der Waals surface area (Å²) in [5.74, 6) is 1.44. The number of furan rings is 1. The van der Waals surface area contributed by atoms with Crippen LogP contribution in [-0.4, -0.2) is 11.4 Å². The van der Waals surface area contributed by atoms with Crippen molar-refractivity contribution in [1.82, 2.24) is 5.32 Å². The molecule has 1 N–H and O–H groups in total. The average molecular weight is 237 g/mol. The van der Waals surface area contributed by atoms with Crippen molar-refractivity contribution in [2.75, 3.05) is 0 Å². The summed E-state index contributed by atoms with van der Waals surface area (Å²) in [5.41, 5.74) is 0.318. The zero-order valence-corrected chi connectivity index (χ0v) is 11.9. The molecule has 1 aromatic rings. The van der Waals surface area contributed by atoms with Crippen molar-refractivity contribution in [3.05, 3.63) is 23.2 Å². The van der Waals surface area contributed by atoms with Crippen molar-refractivity contribution >= 4 is 5.91 Å². The second kappa shape index (κ2) is 4.21. The Morgan fingerprint density at radius 2 is 1.71 bits per heavy atom. The quantitative estimate of drug-likeness (QED) is 0.813. The smallest absolute Gasteiger partial charge is 0.255 e. The molecule has 0 radical (unpaired) electrons. The Bertz CT molecular complexity index is 416. The molecule has 0 spiro atoms. The van der Waals surface area contributed by atoms with E-state index in [2.05, 4.69) is 26.1 Å². The van der Waals surface area contributed by atoms with Crippen molar-refractivity contribution < 1.29 is 9.21 Å². The molecule has 0 aliphatic carbocycles. The van der Waals surface area contributed by atoms with Gasteiger partial charge in [0, 0.05) is 11.0 Å². The van der Waals surface area contributed by atoms with Crippen LogP contribution < -0.4 is 5.32 Å². The molecular formula is C14H23NO2. The molecule has 1 rings (SSSR count). The standard InChI is InChI=1S/C14H23NO2/c1-9-10(12(16)15-14(5,6)7)8-11(17-9)13(2,3)4/h8H,1-7H3,(H,15,16). The van der Waals surface area contributed by atoms with Gasteiger partial charge in [0.05, 0.1) is 5.56 Å². The van der Waals surface area contributed by atoms with E-state index in [1.165, 1.54) is 0 Å². The van der Waals surface area contributed by atoms with Crippen LogP contribution in [0.5, 0.6) is 0 Å². The first kappa shape index (κ1) is 13.8. The Balaban J connectivity index is 3.00. The van der Waals surface area contributed by atoms with E-state index in [4.69, 9.17) is 4.42 Å². The van der Waals surface area contributed by atoms with Gasteiger partial charge in [0.1, 0.15) is 11.5 Å². The van der Waals surface area contributed by atoms with Crippen LogP contribution in [0.25, 0.3) is 0 Å². The highest BCUT2D eigenvalue weighted by Crippen LogP contribution is 2.27. The zero-order valence-electron chi connectivity index (χ0n) is 11.9. The molecule has 3 heteroatoms. The van der Waals surface area contributed by atoms with Gasteiger partial charge in [-0.2, -0.15) is 0 Å². The lowest BCUT2D eigenvalue weighted by molar-refractivity contribution is 0.0918. The first-order valence-electron chi connectivity index (χ1n) is 5.94. The number of hydrogen-bond donors (Lipinski definition) is 1. The lowest BCUT2D eigenvalue weighted by Gasteiger charge is -2.20. The van der Waals surface area contributed by atoms with E-state index < -0.39 is 0 Å². The molecule has 1 amide bonds. The molecule has 0 saturated carbocycles. The molecule has 0 fully saturated rings.